The lowest BCUT2D eigenvalue weighted by atomic mass is 10.0. The number of likely N-dealkylation sites (N-methyl/N-ethyl adjacent to an activating group) is 5. The Balaban J connectivity index is 0.000000132. The summed E-state index contributed by atoms with van der Waals surface area (Å²) in [5, 5.41) is 4.09. The number of halogens is 5. The standard InChI is InChI=1S/2C19H20FN5O3S.C19H22FN5O2S.2C19H20FN5OS/c2*1-23(2)14-10-24-17(15-8-9-21-19(22-15)29(3,27)28)16(18(26)25(24)11-14)12-4-6-13(20)7-5-12;1-23(2)15-11-24(17(26)10-13-4-6-14(20)7-5-13)25(12-15)18(27)16-8-9-21-19(22-16)28-3;2*1-23(2)14-10-24-17(15-8-9-21-19(22-15)27-3)16(18(26)25(24)11-14)12-4-6-13(20)7-5-12/h2*4-9,14H,10-11H2,1-3H3;4-9,15H,10-12H2,1-3H3;2*4-9,14H,10-11H2,1-3H3. The van der Waals surface area contributed by atoms with Crippen molar-refractivity contribution in [2.24, 2.45) is 0 Å². The quantitative estimate of drug-likeness (QED) is 0.0367. The van der Waals surface area contributed by atoms with Crippen molar-refractivity contribution in [2.75, 3.05) is 115 Å². The molecule has 14 heterocycles. The molecule has 0 N–H and O–H groups in total. The number of hydrazine groups is 1. The van der Waals surface area contributed by atoms with Crippen LogP contribution in [0.1, 0.15) is 16.1 Å². The molecule has 0 bridgehead atoms. The van der Waals surface area contributed by atoms with Crippen molar-refractivity contribution in [3.63, 3.8) is 0 Å². The SMILES string of the molecule is CN(C)C1Cn2c(-c3ccnc(S(C)(=O)=O)n3)c(-c3ccc(F)cc3)c(=O)n2C1.CN(C)C1Cn2c(-c3ccnc(S(C)(=O)=O)n3)c(-c3ccc(F)cc3)c(=O)n2C1.CSc1nccc(-c2c(-c3ccc(F)cc3)c(=O)n3n2CC(N(C)C)C3)n1.CSc1nccc(-c2c(-c3ccc(F)cc3)c(=O)n3n2CC(N(C)C)C3)n1.CSc1nccc(C(=O)N2CC(N(C)C)CN2C(=O)Cc2ccc(F)cc2)n1. The van der Waals surface area contributed by atoms with Crippen LogP contribution < -0.4 is 22.2 Å². The van der Waals surface area contributed by atoms with Crippen molar-refractivity contribution in [1.29, 1.82) is 0 Å². The number of hydrogen-bond donors (Lipinski definition) is 0. The molecular weight excluding hydrogens is 1910 g/mol. The van der Waals surface area contributed by atoms with E-state index in [1.165, 1.54) is 149 Å². The molecule has 45 heteroatoms. The van der Waals surface area contributed by atoms with E-state index in [2.05, 4.69) is 59.6 Å². The summed E-state index contributed by atoms with van der Waals surface area (Å²) in [6.45, 7) is 5.45. The number of benzene rings is 5. The third-order valence-electron chi connectivity index (χ3n) is 24.6. The number of thioether (sulfide) groups is 3. The van der Waals surface area contributed by atoms with E-state index in [9.17, 15) is 67.6 Å². The van der Waals surface area contributed by atoms with E-state index < -0.39 is 31.3 Å². The minimum absolute atomic E-state index is 0.0166. The number of aromatic nitrogens is 18. The third-order valence-corrected chi connectivity index (χ3v) is 28.0. The maximum atomic E-state index is 13.4. The Morgan fingerprint density at radius 1 is 0.321 bits per heavy atom. The maximum absolute atomic E-state index is 13.4. The Morgan fingerprint density at radius 2 is 0.564 bits per heavy atom. The zero-order valence-electron chi connectivity index (χ0n) is 79.2. The summed E-state index contributed by atoms with van der Waals surface area (Å²) in [5.41, 5.74) is 9.20. The monoisotopic (exact) mass is 2010 g/mol. The van der Waals surface area contributed by atoms with E-state index in [4.69, 9.17) is 0 Å². The van der Waals surface area contributed by atoms with Crippen LogP contribution in [-0.4, -0.2) is 296 Å². The predicted molar refractivity (Wildman–Crippen MR) is 524 cm³/mol. The first-order valence-corrected chi connectivity index (χ1v) is 51.4. The molecule has 5 aliphatic rings. The van der Waals surface area contributed by atoms with Crippen LogP contribution in [0.5, 0.6) is 0 Å². The van der Waals surface area contributed by atoms with E-state index in [-0.39, 0.29) is 104 Å². The average Bonchev–Trinajstić information content (AvgIpc) is 1.59. The third kappa shape index (κ3) is 21.7. The Morgan fingerprint density at radius 3 is 0.843 bits per heavy atom. The first-order chi connectivity index (χ1) is 66.7. The summed E-state index contributed by atoms with van der Waals surface area (Å²) in [7, 11) is 12.4. The van der Waals surface area contributed by atoms with Crippen LogP contribution in [0.2, 0.25) is 0 Å². The average molecular weight is 2010 g/mol. The first kappa shape index (κ1) is 101. The molecule has 732 valence electrons. The Kier molecular flexibility index (Phi) is 30.8. The number of hydrogen-bond acceptors (Lipinski definition) is 28. The fourth-order valence-electron chi connectivity index (χ4n) is 16.9. The molecule has 35 nitrogen and oxygen atoms in total. The van der Waals surface area contributed by atoms with Gasteiger partial charge in [0.25, 0.3) is 28.1 Å². The molecule has 5 atom stereocenters. The highest BCUT2D eigenvalue weighted by molar-refractivity contribution is 7.98. The lowest BCUT2D eigenvalue weighted by molar-refractivity contribution is -0.139. The first-order valence-electron chi connectivity index (χ1n) is 44.0. The zero-order valence-corrected chi connectivity index (χ0v) is 83.3. The number of amides is 2. The van der Waals surface area contributed by atoms with Crippen LogP contribution in [0.15, 0.2) is 228 Å². The number of carbonyl (C=O) groups is 2. The fourth-order valence-corrected chi connectivity index (χ4v) is 19.0. The molecule has 2 amide bonds. The Hall–Kier alpha value is -13.1. The van der Waals surface area contributed by atoms with Crippen molar-refractivity contribution < 1.29 is 48.4 Å². The number of nitrogens with zero attached hydrogens (tertiary/aromatic N) is 25. The maximum Gasteiger partial charge on any atom is 0.291 e. The Bertz CT molecular complexity index is 7100. The van der Waals surface area contributed by atoms with Gasteiger partial charge in [-0.2, -0.15) is 0 Å². The summed E-state index contributed by atoms with van der Waals surface area (Å²) in [5.74, 6) is -2.38. The minimum atomic E-state index is -3.62. The van der Waals surface area contributed by atoms with Gasteiger partial charge >= 0.3 is 0 Å². The summed E-state index contributed by atoms with van der Waals surface area (Å²) < 4.78 is 129. The van der Waals surface area contributed by atoms with Crippen LogP contribution in [0.3, 0.4) is 0 Å². The molecule has 9 aromatic heterocycles. The second-order valence-electron chi connectivity index (χ2n) is 34.8. The largest absolute Gasteiger partial charge is 0.303 e. The summed E-state index contributed by atoms with van der Waals surface area (Å²) >= 11 is 4.25. The molecule has 1 fully saturated rings. The molecule has 0 spiro atoms. The highest BCUT2D eigenvalue weighted by atomic mass is 32.2. The minimum Gasteiger partial charge on any atom is -0.303 e. The van der Waals surface area contributed by atoms with E-state index in [0.717, 1.165) is 23.9 Å². The molecule has 14 aromatic rings. The van der Waals surface area contributed by atoms with Gasteiger partial charge in [0.1, 0.15) is 34.8 Å². The summed E-state index contributed by atoms with van der Waals surface area (Å²) in [6.07, 6.45) is 15.5. The number of sulfone groups is 2. The van der Waals surface area contributed by atoms with Gasteiger partial charge in [-0.25, -0.2) is 117 Å². The van der Waals surface area contributed by atoms with Crippen molar-refractivity contribution >= 4 is 66.8 Å². The van der Waals surface area contributed by atoms with Crippen molar-refractivity contribution in [3.8, 4) is 90.1 Å². The molecular formula is C95H102F5N25O10S5. The van der Waals surface area contributed by atoms with Crippen molar-refractivity contribution in [1.82, 2.24) is 122 Å². The van der Waals surface area contributed by atoms with Gasteiger partial charge in [0.15, 0.2) is 15.5 Å². The molecule has 19 rings (SSSR count). The molecule has 5 unspecified atom stereocenters. The summed E-state index contributed by atoms with van der Waals surface area (Å²) in [6, 6.07) is 38.2. The summed E-state index contributed by atoms with van der Waals surface area (Å²) in [4.78, 5) is 131. The topological polar surface area (TPSA) is 362 Å². The van der Waals surface area contributed by atoms with Gasteiger partial charge < -0.3 is 24.5 Å². The molecule has 140 heavy (non-hydrogen) atoms. The van der Waals surface area contributed by atoms with Gasteiger partial charge in [0, 0.05) is 73.7 Å². The molecule has 0 aliphatic carbocycles. The van der Waals surface area contributed by atoms with Crippen LogP contribution in [0.4, 0.5) is 22.0 Å². The van der Waals surface area contributed by atoms with Gasteiger partial charge in [0.2, 0.25) is 35.9 Å². The second-order valence-corrected chi connectivity index (χ2v) is 41.0. The molecule has 5 aromatic carbocycles. The lowest BCUT2D eigenvalue weighted by Gasteiger charge is -2.27. The van der Waals surface area contributed by atoms with E-state index in [1.54, 1.807) is 85.7 Å². The molecule has 5 aliphatic heterocycles. The van der Waals surface area contributed by atoms with E-state index >= 15 is 0 Å². The predicted octanol–water partition coefficient (Wildman–Crippen LogP) is 9.39. The van der Waals surface area contributed by atoms with Crippen LogP contribution in [0.25, 0.3) is 90.1 Å². The van der Waals surface area contributed by atoms with Gasteiger partial charge in [0.05, 0.1) is 140 Å². The smallest absolute Gasteiger partial charge is 0.291 e. The van der Waals surface area contributed by atoms with Gasteiger partial charge in [-0.3, -0.25) is 47.5 Å². The molecule has 0 saturated carbocycles. The molecule has 1 saturated heterocycles. The second kappa shape index (κ2) is 42.5. The number of carbonyl (C=O) groups excluding carboxylic acids is 2. The van der Waals surface area contributed by atoms with Gasteiger partial charge in [-0.05, 0) is 208 Å². The van der Waals surface area contributed by atoms with Crippen LogP contribution in [0, 0.1) is 29.1 Å². The van der Waals surface area contributed by atoms with E-state index in [0.29, 0.717) is 165 Å². The fraction of sp³-hybridized carbons (Fsp3) is 0.326. The molecule has 0 radical (unpaired) electrons. The van der Waals surface area contributed by atoms with E-state index in [1.807, 2.05) is 135 Å². The number of fused-ring (bicyclic) bond motifs is 4. The normalized spacial score (nSPS) is 16.3. The highest BCUT2D eigenvalue weighted by Gasteiger charge is 2.41. The van der Waals surface area contributed by atoms with Gasteiger partial charge in [-0.1, -0.05) is 95.9 Å². The van der Waals surface area contributed by atoms with Crippen molar-refractivity contribution in [3.05, 3.63) is 264 Å². The number of rotatable bonds is 21. The van der Waals surface area contributed by atoms with Gasteiger partial charge in [-0.15, -0.1) is 0 Å². The van der Waals surface area contributed by atoms with Crippen molar-refractivity contribution in [2.45, 2.75) is 115 Å². The Labute approximate surface area is 815 Å². The zero-order chi connectivity index (χ0) is 100. The van der Waals surface area contributed by atoms with Crippen LogP contribution >= 0.6 is 35.3 Å². The van der Waals surface area contributed by atoms with Crippen LogP contribution in [-0.2, 0) is 83.2 Å². The lowest BCUT2D eigenvalue weighted by Crippen LogP contribution is -2.45. The highest BCUT2D eigenvalue weighted by Crippen LogP contribution is 2.39.